The van der Waals surface area contributed by atoms with Crippen LogP contribution in [0.5, 0.6) is 0 Å². The summed E-state index contributed by atoms with van der Waals surface area (Å²) in [5.74, 6) is -0.722. The Morgan fingerprint density at radius 1 is 1.11 bits per heavy atom. The number of thiocarbonyl (C=S) groups is 1. The topological polar surface area (TPSA) is 96.3 Å². The fourth-order valence-corrected chi connectivity index (χ4v) is 2.78. The largest absolute Gasteiger partial charge is 0.423 e. The van der Waals surface area contributed by atoms with E-state index in [9.17, 15) is 9.59 Å². The molecule has 138 valence electrons. The van der Waals surface area contributed by atoms with Gasteiger partial charge in [-0.25, -0.2) is 0 Å². The monoisotopic (exact) mass is 422 g/mol. The quantitative estimate of drug-likeness (QED) is 0.546. The number of hydrogen-bond acceptors (Lipinski definition) is 5. The van der Waals surface area contributed by atoms with Gasteiger partial charge in [-0.1, -0.05) is 23.2 Å². The Morgan fingerprint density at radius 2 is 1.89 bits per heavy atom. The summed E-state index contributed by atoms with van der Waals surface area (Å²) in [6.07, 6.45) is 0. The second kappa shape index (κ2) is 7.91. The Balaban J connectivity index is 1.71. The lowest BCUT2D eigenvalue weighted by Crippen LogP contribution is -2.34. The molecule has 0 unspecified atom stereocenters. The minimum Gasteiger partial charge on any atom is -0.423 e. The lowest BCUT2D eigenvalue weighted by atomic mass is 10.2. The highest BCUT2D eigenvalue weighted by Crippen LogP contribution is 2.23. The molecule has 0 atom stereocenters. The number of amides is 2. The number of carbonyl (C=O) groups is 2. The van der Waals surface area contributed by atoms with Gasteiger partial charge in [-0.3, -0.25) is 20.2 Å². The number of hydrogen-bond donors (Lipinski definition) is 3. The third-order valence-electron chi connectivity index (χ3n) is 3.33. The highest BCUT2D eigenvalue weighted by atomic mass is 35.5. The van der Waals surface area contributed by atoms with Gasteiger partial charge in [-0.05, 0) is 42.5 Å². The molecule has 0 saturated heterocycles. The fraction of sp³-hybridized carbons (Fsp3) is 0.0588. The molecule has 0 radical (unpaired) electrons. The summed E-state index contributed by atoms with van der Waals surface area (Å²) in [6, 6.07) is 9.62. The fourth-order valence-electron chi connectivity index (χ4n) is 2.23. The molecule has 7 nitrogen and oxygen atoms in total. The van der Waals surface area contributed by atoms with E-state index in [4.69, 9.17) is 39.8 Å². The standard InChI is InChI=1S/C17H12Cl2N4O3S/c1-8(24)20-10-3-5-13-14(7-10)26-16(21-13)23-17(27)22-15(25)11-6-9(18)2-4-12(11)19/h2-7H,1H3,(H,20,24)(H2,21,22,23,25,27). The maximum absolute atomic E-state index is 12.3. The van der Waals surface area contributed by atoms with Gasteiger partial charge >= 0.3 is 6.01 Å². The van der Waals surface area contributed by atoms with Crippen molar-refractivity contribution in [3.8, 4) is 0 Å². The number of anilines is 2. The van der Waals surface area contributed by atoms with Crippen molar-refractivity contribution in [1.82, 2.24) is 10.3 Å². The first kappa shape index (κ1) is 19.1. The van der Waals surface area contributed by atoms with Crippen molar-refractivity contribution >= 4 is 75.1 Å². The van der Waals surface area contributed by atoms with Gasteiger partial charge in [-0.2, -0.15) is 4.98 Å². The van der Waals surface area contributed by atoms with Gasteiger partial charge in [0, 0.05) is 23.7 Å². The minimum absolute atomic E-state index is 0.0234. The molecule has 3 rings (SSSR count). The Bertz CT molecular complexity index is 1070. The van der Waals surface area contributed by atoms with Gasteiger partial charge in [0.15, 0.2) is 10.7 Å². The van der Waals surface area contributed by atoms with Crippen molar-refractivity contribution in [2.24, 2.45) is 0 Å². The van der Waals surface area contributed by atoms with Gasteiger partial charge in [0.1, 0.15) is 5.52 Å². The Kier molecular flexibility index (Phi) is 5.59. The van der Waals surface area contributed by atoms with E-state index in [-0.39, 0.29) is 27.6 Å². The average Bonchev–Trinajstić information content (AvgIpc) is 2.97. The van der Waals surface area contributed by atoms with Crippen LogP contribution in [0.1, 0.15) is 17.3 Å². The van der Waals surface area contributed by atoms with Crippen molar-refractivity contribution in [2.75, 3.05) is 10.6 Å². The summed E-state index contributed by atoms with van der Waals surface area (Å²) < 4.78 is 5.53. The summed E-state index contributed by atoms with van der Waals surface area (Å²) in [6.45, 7) is 1.41. The molecule has 0 saturated carbocycles. The van der Waals surface area contributed by atoms with E-state index in [0.29, 0.717) is 21.8 Å². The highest BCUT2D eigenvalue weighted by Gasteiger charge is 2.14. The molecule has 2 aromatic carbocycles. The van der Waals surface area contributed by atoms with Gasteiger partial charge in [0.25, 0.3) is 5.91 Å². The van der Waals surface area contributed by atoms with Gasteiger partial charge in [-0.15, -0.1) is 0 Å². The number of aromatic nitrogens is 1. The molecular weight excluding hydrogens is 411 g/mol. The van der Waals surface area contributed by atoms with E-state index in [0.717, 1.165) is 0 Å². The van der Waals surface area contributed by atoms with Gasteiger partial charge < -0.3 is 9.73 Å². The number of benzene rings is 2. The number of fused-ring (bicyclic) bond motifs is 1. The summed E-state index contributed by atoms with van der Waals surface area (Å²) in [4.78, 5) is 27.6. The SMILES string of the molecule is CC(=O)Nc1ccc2nc(NC(=S)NC(=O)c3cc(Cl)ccc3Cl)oc2c1. The molecule has 0 fully saturated rings. The van der Waals surface area contributed by atoms with Crippen molar-refractivity contribution in [2.45, 2.75) is 6.92 Å². The van der Waals surface area contributed by atoms with Crippen molar-refractivity contribution in [1.29, 1.82) is 0 Å². The predicted octanol–water partition coefficient (Wildman–Crippen LogP) is 4.22. The summed E-state index contributed by atoms with van der Waals surface area (Å²) in [5, 5.41) is 8.40. The molecule has 2 amide bonds. The molecule has 10 heteroatoms. The second-order valence-electron chi connectivity index (χ2n) is 5.42. The van der Waals surface area contributed by atoms with Gasteiger partial charge in [0.2, 0.25) is 5.91 Å². The molecular formula is C17H12Cl2N4O3S. The Hall–Kier alpha value is -2.68. The number of nitrogens with one attached hydrogen (secondary N) is 3. The summed E-state index contributed by atoms with van der Waals surface area (Å²) in [5.41, 5.74) is 1.75. The van der Waals surface area contributed by atoms with E-state index in [1.807, 2.05) is 0 Å². The molecule has 1 heterocycles. The Labute approximate surface area is 169 Å². The summed E-state index contributed by atoms with van der Waals surface area (Å²) in [7, 11) is 0. The van der Waals surface area contributed by atoms with Crippen LogP contribution < -0.4 is 16.0 Å². The number of oxazole rings is 1. The van der Waals surface area contributed by atoms with Crippen LogP contribution in [-0.4, -0.2) is 21.9 Å². The second-order valence-corrected chi connectivity index (χ2v) is 6.67. The van der Waals surface area contributed by atoms with Crippen LogP contribution in [0.25, 0.3) is 11.1 Å². The number of rotatable bonds is 3. The first-order valence-electron chi connectivity index (χ1n) is 7.57. The third kappa shape index (κ3) is 4.73. The number of nitrogens with zero attached hydrogens (tertiary/aromatic N) is 1. The van der Waals surface area contributed by atoms with E-state index >= 15 is 0 Å². The molecule has 0 aliphatic rings. The normalized spacial score (nSPS) is 10.5. The maximum atomic E-state index is 12.3. The average molecular weight is 423 g/mol. The molecule has 27 heavy (non-hydrogen) atoms. The zero-order valence-corrected chi connectivity index (χ0v) is 16.1. The molecule has 0 bridgehead atoms. The molecule has 3 aromatic rings. The maximum Gasteiger partial charge on any atom is 0.302 e. The van der Waals surface area contributed by atoms with Crippen molar-refractivity contribution in [3.05, 3.63) is 52.0 Å². The first-order valence-corrected chi connectivity index (χ1v) is 8.74. The smallest absolute Gasteiger partial charge is 0.302 e. The van der Waals surface area contributed by atoms with Crippen LogP contribution in [-0.2, 0) is 4.79 Å². The van der Waals surface area contributed by atoms with Crippen LogP contribution in [0.15, 0.2) is 40.8 Å². The zero-order valence-electron chi connectivity index (χ0n) is 13.8. The van der Waals surface area contributed by atoms with E-state index < -0.39 is 5.91 Å². The van der Waals surface area contributed by atoms with Crippen LogP contribution in [0.4, 0.5) is 11.7 Å². The molecule has 0 spiro atoms. The molecule has 0 aliphatic heterocycles. The van der Waals surface area contributed by atoms with Gasteiger partial charge in [0.05, 0.1) is 10.6 Å². The predicted molar refractivity (Wildman–Crippen MR) is 108 cm³/mol. The first-order chi connectivity index (χ1) is 12.8. The number of halogens is 2. The van der Waals surface area contributed by atoms with E-state index in [2.05, 4.69) is 20.9 Å². The molecule has 1 aromatic heterocycles. The third-order valence-corrected chi connectivity index (χ3v) is 4.10. The zero-order chi connectivity index (χ0) is 19.6. The lowest BCUT2D eigenvalue weighted by molar-refractivity contribution is -0.114. The molecule has 3 N–H and O–H groups in total. The Morgan fingerprint density at radius 3 is 2.63 bits per heavy atom. The van der Waals surface area contributed by atoms with Crippen LogP contribution in [0.3, 0.4) is 0 Å². The van der Waals surface area contributed by atoms with Crippen LogP contribution in [0.2, 0.25) is 10.0 Å². The highest BCUT2D eigenvalue weighted by molar-refractivity contribution is 7.80. The number of carbonyl (C=O) groups excluding carboxylic acids is 2. The minimum atomic E-state index is -0.524. The van der Waals surface area contributed by atoms with E-state index in [1.165, 1.54) is 19.1 Å². The lowest BCUT2D eigenvalue weighted by Gasteiger charge is -2.08. The van der Waals surface area contributed by atoms with Crippen LogP contribution in [0, 0.1) is 0 Å². The van der Waals surface area contributed by atoms with E-state index in [1.54, 1.807) is 24.3 Å². The van der Waals surface area contributed by atoms with Crippen molar-refractivity contribution < 1.29 is 14.0 Å². The summed E-state index contributed by atoms with van der Waals surface area (Å²) >= 11 is 17.0. The van der Waals surface area contributed by atoms with Crippen molar-refractivity contribution in [3.63, 3.8) is 0 Å². The van der Waals surface area contributed by atoms with Crippen LogP contribution >= 0.6 is 35.4 Å². The molecule has 0 aliphatic carbocycles.